The number of carbonyl (C=O) groups is 1. The normalized spacial score (nSPS) is 11.2. The van der Waals surface area contributed by atoms with Crippen molar-refractivity contribution in [2.24, 2.45) is 0 Å². The van der Waals surface area contributed by atoms with Crippen molar-refractivity contribution in [3.05, 3.63) is 47.3 Å². The molecule has 0 saturated carbocycles. The molecular formula is C12H11NO4S2. The Balaban J connectivity index is 2.22. The van der Waals surface area contributed by atoms with Crippen molar-refractivity contribution in [2.75, 3.05) is 4.72 Å². The molecule has 2 rings (SSSR count). The summed E-state index contributed by atoms with van der Waals surface area (Å²) >= 11 is 1.12. The molecule has 1 aromatic carbocycles. The van der Waals surface area contributed by atoms with Gasteiger partial charge in [0, 0.05) is 5.69 Å². The number of carboxylic acids is 1. The summed E-state index contributed by atoms with van der Waals surface area (Å²) in [6.07, 6.45) is -0.144. The van der Waals surface area contributed by atoms with E-state index in [1.165, 1.54) is 12.1 Å². The number of benzene rings is 1. The lowest BCUT2D eigenvalue weighted by molar-refractivity contribution is -0.136. The van der Waals surface area contributed by atoms with Gasteiger partial charge < -0.3 is 5.11 Å². The van der Waals surface area contributed by atoms with Gasteiger partial charge in [-0.15, -0.1) is 11.3 Å². The van der Waals surface area contributed by atoms with Crippen LogP contribution >= 0.6 is 11.3 Å². The number of hydrogen-bond donors (Lipinski definition) is 2. The van der Waals surface area contributed by atoms with E-state index in [2.05, 4.69) is 4.72 Å². The van der Waals surface area contributed by atoms with Crippen molar-refractivity contribution >= 4 is 33.0 Å². The molecule has 0 bridgehead atoms. The van der Waals surface area contributed by atoms with E-state index in [4.69, 9.17) is 5.11 Å². The number of sulfonamides is 1. The maximum Gasteiger partial charge on any atom is 0.307 e. The highest BCUT2D eigenvalue weighted by atomic mass is 32.2. The molecular weight excluding hydrogens is 286 g/mol. The molecule has 2 aromatic rings. The highest BCUT2D eigenvalue weighted by Gasteiger charge is 2.15. The van der Waals surface area contributed by atoms with E-state index >= 15 is 0 Å². The zero-order valence-electron chi connectivity index (χ0n) is 9.74. The number of carboxylic acid groups (broad SMARTS) is 1. The van der Waals surface area contributed by atoms with E-state index in [-0.39, 0.29) is 10.6 Å². The zero-order chi connectivity index (χ0) is 13.9. The SMILES string of the molecule is O=C(O)Cc1cccc(NS(=O)(=O)c2cccs2)c1. The van der Waals surface area contributed by atoms with Gasteiger partial charge in [0.1, 0.15) is 4.21 Å². The number of anilines is 1. The maximum atomic E-state index is 12.0. The molecule has 0 atom stereocenters. The van der Waals surface area contributed by atoms with Gasteiger partial charge in [-0.25, -0.2) is 8.42 Å². The van der Waals surface area contributed by atoms with Crippen LogP contribution in [0.5, 0.6) is 0 Å². The molecule has 1 aromatic heterocycles. The van der Waals surface area contributed by atoms with Crippen LogP contribution in [0.15, 0.2) is 46.0 Å². The van der Waals surface area contributed by atoms with Crippen molar-refractivity contribution in [2.45, 2.75) is 10.6 Å². The van der Waals surface area contributed by atoms with E-state index < -0.39 is 16.0 Å². The first-order valence-electron chi connectivity index (χ1n) is 5.34. The summed E-state index contributed by atoms with van der Waals surface area (Å²) in [6.45, 7) is 0. The van der Waals surface area contributed by atoms with Crippen molar-refractivity contribution in [3.8, 4) is 0 Å². The van der Waals surface area contributed by atoms with Crippen LogP contribution in [0.1, 0.15) is 5.56 Å². The second-order valence-electron chi connectivity index (χ2n) is 3.81. The minimum absolute atomic E-state index is 0.144. The monoisotopic (exact) mass is 297 g/mol. The molecule has 100 valence electrons. The predicted octanol–water partition coefficient (Wildman–Crippen LogP) is 2.18. The van der Waals surface area contributed by atoms with Gasteiger partial charge >= 0.3 is 5.97 Å². The smallest absolute Gasteiger partial charge is 0.307 e. The third kappa shape index (κ3) is 3.55. The van der Waals surface area contributed by atoms with Gasteiger partial charge in [0.25, 0.3) is 10.0 Å². The quantitative estimate of drug-likeness (QED) is 0.886. The van der Waals surface area contributed by atoms with Crippen LogP contribution in [-0.4, -0.2) is 19.5 Å². The Kier molecular flexibility index (Phi) is 3.87. The predicted molar refractivity (Wildman–Crippen MR) is 72.9 cm³/mol. The Morgan fingerprint density at radius 1 is 1.26 bits per heavy atom. The van der Waals surface area contributed by atoms with E-state index in [1.807, 2.05) is 0 Å². The minimum atomic E-state index is -3.59. The molecule has 0 spiro atoms. The summed E-state index contributed by atoms with van der Waals surface area (Å²) in [4.78, 5) is 10.6. The first-order chi connectivity index (χ1) is 8.97. The van der Waals surface area contributed by atoms with Crippen LogP contribution in [0.3, 0.4) is 0 Å². The molecule has 0 radical (unpaired) electrons. The van der Waals surface area contributed by atoms with Crippen LogP contribution in [-0.2, 0) is 21.2 Å². The molecule has 1 heterocycles. The summed E-state index contributed by atoms with van der Waals surface area (Å²) in [5.41, 5.74) is 0.894. The van der Waals surface area contributed by atoms with Crippen LogP contribution in [0.2, 0.25) is 0 Å². The first kappa shape index (κ1) is 13.6. The molecule has 19 heavy (non-hydrogen) atoms. The van der Waals surface area contributed by atoms with Gasteiger partial charge in [-0.2, -0.15) is 0 Å². The maximum absolute atomic E-state index is 12.0. The molecule has 0 unspecified atom stereocenters. The van der Waals surface area contributed by atoms with E-state index in [0.717, 1.165) is 11.3 Å². The van der Waals surface area contributed by atoms with Gasteiger partial charge in [0.15, 0.2) is 0 Å². The molecule has 0 aliphatic rings. The van der Waals surface area contributed by atoms with E-state index in [9.17, 15) is 13.2 Å². The molecule has 7 heteroatoms. The summed E-state index contributed by atoms with van der Waals surface area (Å²) in [7, 11) is -3.59. The Labute approximate surface area is 114 Å². The van der Waals surface area contributed by atoms with Crippen molar-refractivity contribution in [3.63, 3.8) is 0 Å². The standard InChI is InChI=1S/C12H11NO4S2/c14-11(15)8-9-3-1-4-10(7-9)13-19(16,17)12-5-2-6-18-12/h1-7,13H,8H2,(H,14,15). The zero-order valence-corrected chi connectivity index (χ0v) is 11.4. The largest absolute Gasteiger partial charge is 0.481 e. The number of aliphatic carboxylic acids is 1. The third-order valence-electron chi connectivity index (χ3n) is 2.29. The van der Waals surface area contributed by atoms with Gasteiger partial charge in [-0.1, -0.05) is 18.2 Å². The second-order valence-corrected chi connectivity index (χ2v) is 6.67. The fraction of sp³-hybridized carbons (Fsp3) is 0.0833. The Bertz CT molecular complexity index is 678. The second kappa shape index (κ2) is 5.41. The summed E-state index contributed by atoms with van der Waals surface area (Å²) in [6, 6.07) is 9.51. The molecule has 0 aliphatic carbocycles. The fourth-order valence-corrected chi connectivity index (χ4v) is 3.58. The summed E-state index contributed by atoms with van der Waals surface area (Å²) < 4.78 is 26.6. The number of rotatable bonds is 5. The average molecular weight is 297 g/mol. The van der Waals surface area contributed by atoms with E-state index in [0.29, 0.717) is 11.3 Å². The lowest BCUT2D eigenvalue weighted by Gasteiger charge is -2.07. The molecule has 5 nitrogen and oxygen atoms in total. The minimum Gasteiger partial charge on any atom is -0.481 e. The summed E-state index contributed by atoms with van der Waals surface area (Å²) in [5, 5.41) is 10.4. The number of nitrogens with one attached hydrogen (secondary N) is 1. The molecule has 0 amide bonds. The summed E-state index contributed by atoms with van der Waals surface area (Å²) in [5.74, 6) is -0.960. The molecule has 0 aliphatic heterocycles. The first-order valence-corrected chi connectivity index (χ1v) is 7.71. The van der Waals surface area contributed by atoms with Crippen molar-refractivity contribution in [1.82, 2.24) is 0 Å². The van der Waals surface area contributed by atoms with Crippen LogP contribution in [0, 0.1) is 0 Å². The number of thiophene rings is 1. The van der Waals surface area contributed by atoms with Gasteiger partial charge in [-0.05, 0) is 29.1 Å². The highest BCUT2D eigenvalue weighted by Crippen LogP contribution is 2.20. The fourth-order valence-electron chi connectivity index (χ4n) is 1.54. The van der Waals surface area contributed by atoms with Crippen LogP contribution < -0.4 is 4.72 Å². The lowest BCUT2D eigenvalue weighted by Crippen LogP contribution is -2.11. The van der Waals surface area contributed by atoms with Crippen LogP contribution in [0.25, 0.3) is 0 Å². The highest BCUT2D eigenvalue weighted by molar-refractivity contribution is 7.94. The van der Waals surface area contributed by atoms with Crippen molar-refractivity contribution in [1.29, 1.82) is 0 Å². The van der Waals surface area contributed by atoms with Gasteiger partial charge in [-0.3, -0.25) is 9.52 Å². The lowest BCUT2D eigenvalue weighted by atomic mass is 10.1. The van der Waals surface area contributed by atoms with E-state index in [1.54, 1.807) is 29.6 Å². The van der Waals surface area contributed by atoms with Crippen LogP contribution in [0.4, 0.5) is 5.69 Å². The molecule has 0 fully saturated rings. The Morgan fingerprint density at radius 2 is 2.05 bits per heavy atom. The molecule has 0 saturated heterocycles. The third-order valence-corrected chi connectivity index (χ3v) is 5.07. The number of hydrogen-bond acceptors (Lipinski definition) is 4. The topological polar surface area (TPSA) is 83.5 Å². The average Bonchev–Trinajstić information content (AvgIpc) is 2.81. The van der Waals surface area contributed by atoms with Gasteiger partial charge in [0.2, 0.25) is 0 Å². The Hall–Kier alpha value is -1.86. The molecule has 2 N–H and O–H groups in total. The Morgan fingerprint density at radius 3 is 2.68 bits per heavy atom. The van der Waals surface area contributed by atoms with Gasteiger partial charge in [0.05, 0.1) is 6.42 Å². The van der Waals surface area contributed by atoms with Crippen molar-refractivity contribution < 1.29 is 18.3 Å².